The van der Waals surface area contributed by atoms with Gasteiger partial charge in [-0.3, -0.25) is 5.43 Å². The highest BCUT2D eigenvalue weighted by Crippen LogP contribution is 2.30. The molecular formula is C14H21N5S. The second-order valence-electron chi connectivity index (χ2n) is 5.50. The smallest absolute Gasteiger partial charge is 0.240 e. The predicted molar refractivity (Wildman–Crippen MR) is 85.0 cm³/mol. The average Bonchev–Trinajstić information content (AvgIpc) is 2.86. The molecule has 1 aliphatic carbocycles. The molecule has 0 radical (unpaired) electrons. The summed E-state index contributed by atoms with van der Waals surface area (Å²) < 4.78 is 0. The van der Waals surface area contributed by atoms with Crippen LogP contribution < -0.4 is 16.6 Å². The normalized spacial score (nSPS) is 16.5. The molecule has 0 unspecified atom stereocenters. The van der Waals surface area contributed by atoms with Gasteiger partial charge in [0.15, 0.2) is 0 Å². The third-order valence-electron chi connectivity index (χ3n) is 3.93. The number of nitrogen functional groups attached to an aromatic ring is 1. The number of nitrogens with two attached hydrogens (primary N) is 1. The first-order chi connectivity index (χ1) is 9.76. The van der Waals surface area contributed by atoms with E-state index in [-0.39, 0.29) is 0 Å². The fourth-order valence-corrected chi connectivity index (χ4v) is 3.75. The van der Waals surface area contributed by atoms with Crippen LogP contribution in [0.1, 0.15) is 37.0 Å². The molecule has 0 saturated heterocycles. The number of aryl methyl sites for hydroxylation is 1. The van der Waals surface area contributed by atoms with Crippen LogP contribution in [-0.2, 0) is 0 Å². The van der Waals surface area contributed by atoms with Gasteiger partial charge in [0.2, 0.25) is 5.95 Å². The fourth-order valence-electron chi connectivity index (χ4n) is 2.87. The Kier molecular flexibility index (Phi) is 4.03. The Morgan fingerprint density at radius 1 is 1.30 bits per heavy atom. The molecule has 0 amide bonds. The predicted octanol–water partition coefficient (Wildman–Crippen LogP) is 3.28. The number of fused-ring (bicyclic) bond motifs is 1. The Labute approximate surface area is 123 Å². The maximum Gasteiger partial charge on any atom is 0.240 e. The van der Waals surface area contributed by atoms with Crippen molar-refractivity contribution < 1.29 is 0 Å². The van der Waals surface area contributed by atoms with Crippen LogP contribution in [0.3, 0.4) is 0 Å². The number of aromatic nitrogens is 2. The van der Waals surface area contributed by atoms with Crippen LogP contribution >= 0.6 is 11.3 Å². The molecule has 0 atom stereocenters. The lowest BCUT2D eigenvalue weighted by Gasteiger charge is -2.22. The van der Waals surface area contributed by atoms with Crippen molar-refractivity contribution in [1.29, 1.82) is 0 Å². The first-order valence-corrected chi connectivity index (χ1v) is 8.06. The first-order valence-electron chi connectivity index (χ1n) is 7.25. The van der Waals surface area contributed by atoms with Gasteiger partial charge in [0.25, 0.3) is 0 Å². The second-order valence-corrected chi connectivity index (χ2v) is 6.74. The lowest BCUT2D eigenvalue weighted by atomic mass is 9.89. The number of nitrogens with one attached hydrogen (secondary N) is 2. The summed E-state index contributed by atoms with van der Waals surface area (Å²) in [6, 6.07) is 2.14. The lowest BCUT2D eigenvalue weighted by molar-refractivity contribution is 0.373. The minimum atomic E-state index is 0.477. The van der Waals surface area contributed by atoms with Gasteiger partial charge >= 0.3 is 0 Å². The minimum Gasteiger partial charge on any atom is -0.369 e. The number of nitrogens with zero attached hydrogens (tertiary/aromatic N) is 2. The Bertz CT molecular complexity index is 589. The number of rotatable bonds is 4. The number of anilines is 2. The molecule has 1 saturated carbocycles. The lowest BCUT2D eigenvalue weighted by Crippen LogP contribution is -2.18. The van der Waals surface area contributed by atoms with Gasteiger partial charge in [-0.1, -0.05) is 19.3 Å². The van der Waals surface area contributed by atoms with Crippen molar-refractivity contribution in [2.75, 3.05) is 17.3 Å². The molecule has 2 aromatic rings. The third kappa shape index (κ3) is 2.86. The minimum absolute atomic E-state index is 0.477. The monoisotopic (exact) mass is 291 g/mol. The van der Waals surface area contributed by atoms with Gasteiger partial charge in [-0.2, -0.15) is 4.98 Å². The average molecular weight is 291 g/mol. The maximum atomic E-state index is 5.46. The molecule has 4 N–H and O–H groups in total. The summed E-state index contributed by atoms with van der Waals surface area (Å²) in [5.74, 6) is 7.60. The van der Waals surface area contributed by atoms with Crippen molar-refractivity contribution >= 4 is 33.3 Å². The summed E-state index contributed by atoms with van der Waals surface area (Å²) in [7, 11) is 0. The zero-order valence-electron chi connectivity index (χ0n) is 11.8. The summed E-state index contributed by atoms with van der Waals surface area (Å²) in [4.78, 5) is 11.1. The zero-order chi connectivity index (χ0) is 13.9. The van der Waals surface area contributed by atoms with Crippen LogP contribution in [0.5, 0.6) is 0 Å². The zero-order valence-corrected chi connectivity index (χ0v) is 12.6. The largest absolute Gasteiger partial charge is 0.369 e. The van der Waals surface area contributed by atoms with Crippen LogP contribution in [0.2, 0.25) is 0 Å². The molecular weight excluding hydrogens is 270 g/mol. The van der Waals surface area contributed by atoms with Crippen LogP contribution in [0.4, 0.5) is 11.8 Å². The van der Waals surface area contributed by atoms with Crippen molar-refractivity contribution in [1.82, 2.24) is 9.97 Å². The van der Waals surface area contributed by atoms with Crippen molar-refractivity contribution in [2.45, 2.75) is 39.0 Å². The summed E-state index contributed by atoms with van der Waals surface area (Å²) >= 11 is 1.67. The Morgan fingerprint density at radius 2 is 2.10 bits per heavy atom. The number of thiophene rings is 1. The Morgan fingerprint density at radius 3 is 2.85 bits per heavy atom. The van der Waals surface area contributed by atoms with E-state index < -0.39 is 0 Å². The summed E-state index contributed by atoms with van der Waals surface area (Å²) in [5.41, 5.74) is 2.55. The molecule has 20 heavy (non-hydrogen) atoms. The highest BCUT2D eigenvalue weighted by atomic mass is 32.1. The molecule has 0 aliphatic heterocycles. The molecule has 3 rings (SSSR count). The molecule has 5 nitrogen and oxygen atoms in total. The van der Waals surface area contributed by atoms with E-state index in [2.05, 4.69) is 33.7 Å². The van der Waals surface area contributed by atoms with Crippen LogP contribution in [0.25, 0.3) is 10.2 Å². The number of hydrazine groups is 1. The van der Waals surface area contributed by atoms with Crippen LogP contribution in [0, 0.1) is 12.8 Å². The standard InChI is InChI=1S/C14H21N5S/c1-9-7-11-12(16-8-10-5-3-2-4-6-10)17-14(19-15)18-13(11)20-9/h7,10H,2-6,8,15H2,1H3,(H2,16,17,18,19). The van der Waals surface area contributed by atoms with E-state index in [1.807, 2.05) is 0 Å². The van der Waals surface area contributed by atoms with Gasteiger partial charge in [0.05, 0.1) is 5.39 Å². The van der Waals surface area contributed by atoms with Crippen LogP contribution in [-0.4, -0.2) is 16.5 Å². The van der Waals surface area contributed by atoms with Crippen molar-refractivity contribution in [3.63, 3.8) is 0 Å². The molecule has 0 spiro atoms. The molecule has 6 heteroatoms. The van der Waals surface area contributed by atoms with Gasteiger partial charge in [-0.15, -0.1) is 11.3 Å². The first kappa shape index (κ1) is 13.6. The van der Waals surface area contributed by atoms with Gasteiger partial charge in [0, 0.05) is 11.4 Å². The topological polar surface area (TPSA) is 75.9 Å². The van der Waals surface area contributed by atoms with E-state index in [0.29, 0.717) is 5.95 Å². The molecule has 1 aliphatic rings. The summed E-state index contributed by atoms with van der Waals surface area (Å²) in [6.07, 6.45) is 6.76. The third-order valence-corrected chi connectivity index (χ3v) is 4.87. The molecule has 0 aromatic carbocycles. The van der Waals surface area contributed by atoms with Crippen molar-refractivity contribution in [3.05, 3.63) is 10.9 Å². The van der Waals surface area contributed by atoms with E-state index in [4.69, 9.17) is 5.84 Å². The van der Waals surface area contributed by atoms with Crippen LogP contribution in [0.15, 0.2) is 6.07 Å². The highest BCUT2D eigenvalue weighted by molar-refractivity contribution is 7.18. The molecule has 1 fully saturated rings. The number of hydrogen-bond donors (Lipinski definition) is 3. The van der Waals surface area contributed by atoms with Gasteiger partial charge < -0.3 is 5.32 Å². The Balaban J connectivity index is 1.81. The molecule has 0 bridgehead atoms. The van der Waals surface area contributed by atoms with Gasteiger partial charge in [0.1, 0.15) is 10.6 Å². The number of hydrogen-bond acceptors (Lipinski definition) is 6. The van der Waals surface area contributed by atoms with E-state index in [1.54, 1.807) is 11.3 Å². The molecule has 2 heterocycles. The van der Waals surface area contributed by atoms with Crippen molar-refractivity contribution in [3.8, 4) is 0 Å². The second kappa shape index (κ2) is 5.93. The Hall–Kier alpha value is -1.40. The molecule has 108 valence electrons. The van der Waals surface area contributed by atoms with Gasteiger partial charge in [-0.05, 0) is 31.7 Å². The van der Waals surface area contributed by atoms with Crippen molar-refractivity contribution in [2.24, 2.45) is 11.8 Å². The SMILES string of the molecule is Cc1cc2c(NCC3CCCCC3)nc(NN)nc2s1. The van der Waals surface area contributed by atoms with E-state index >= 15 is 0 Å². The quantitative estimate of drug-likeness (QED) is 0.595. The van der Waals surface area contributed by atoms with Gasteiger partial charge in [-0.25, -0.2) is 10.8 Å². The van der Waals surface area contributed by atoms with E-state index in [9.17, 15) is 0 Å². The van der Waals surface area contributed by atoms with E-state index in [1.165, 1.54) is 37.0 Å². The summed E-state index contributed by atoms with van der Waals surface area (Å²) in [5, 5.41) is 4.60. The maximum absolute atomic E-state index is 5.46. The summed E-state index contributed by atoms with van der Waals surface area (Å²) in [6.45, 7) is 3.08. The highest BCUT2D eigenvalue weighted by Gasteiger charge is 2.15. The fraction of sp³-hybridized carbons (Fsp3) is 0.571. The molecule has 2 aromatic heterocycles. The van der Waals surface area contributed by atoms with E-state index in [0.717, 1.165) is 28.5 Å².